The topological polar surface area (TPSA) is 90.5 Å². The van der Waals surface area contributed by atoms with Gasteiger partial charge in [-0.1, -0.05) is 61.5 Å². The van der Waals surface area contributed by atoms with Gasteiger partial charge in [-0.15, -0.1) is 11.8 Å². The number of benzene rings is 4. The van der Waals surface area contributed by atoms with Gasteiger partial charge >= 0.3 is 0 Å². The maximum atomic E-state index is 13.5. The highest BCUT2D eigenvalue weighted by Gasteiger charge is 2.20. The summed E-state index contributed by atoms with van der Waals surface area (Å²) in [7, 11) is 3.91. The van der Waals surface area contributed by atoms with Crippen molar-refractivity contribution in [2.45, 2.75) is 30.4 Å². The fraction of sp³-hybridized carbons (Fsp3) is 0.171. The van der Waals surface area contributed by atoms with E-state index in [0.717, 1.165) is 27.4 Å². The lowest BCUT2D eigenvalue weighted by Gasteiger charge is -2.17. The van der Waals surface area contributed by atoms with Gasteiger partial charge in [0.1, 0.15) is 5.70 Å². The molecule has 0 saturated heterocycles. The van der Waals surface area contributed by atoms with Crippen LogP contribution in [0.4, 0.5) is 17.1 Å². The van der Waals surface area contributed by atoms with Crippen molar-refractivity contribution in [2.24, 2.45) is 0 Å². The third kappa shape index (κ3) is 8.83. The van der Waals surface area contributed by atoms with E-state index in [9.17, 15) is 14.4 Å². The number of aryl methyl sites for hydroxylation is 1. The van der Waals surface area contributed by atoms with E-state index in [1.165, 1.54) is 11.8 Å². The number of thioether (sulfide) groups is 1. The molecule has 4 aromatic carbocycles. The molecule has 0 heterocycles. The van der Waals surface area contributed by atoms with Crippen molar-refractivity contribution in [3.63, 3.8) is 0 Å². The molecule has 0 saturated carbocycles. The van der Waals surface area contributed by atoms with Crippen molar-refractivity contribution in [1.29, 1.82) is 0 Å². The number of hydrogen-bond acceptors (Lipinski definition) is 5. The van der Waals surface area contributed by atoms with Crippen LogP contribution in [0.3, 0.4) is 0 Å². The molecule has 220 valence electrons. The summed E-state index contributed by atoms with van der Waals surface area (Å²) in [6.45, 7) is 3.93. The monoisotopic (exact) mass is 592 g/mol. The second kappa shape index (κ2) is 14.9. The van der Waals surface area contributed by atoms with Gasteiger partial charge in [0.15, 0.2) is 0 Å². The molecule has 3 amide bonds. The van der Waals surface area contributed by atoms with E-state index >= 15 is 0 Å². The summed E-state index contributed by atoms with van der Waals surface area (Å²) in [6.07, 6.45) is 2.28. The van der Waals surface area contributed by atoms with Gasteiger partial charge in [0.05, 0.1) is 5.25 Å². The third-order valence-electron chi connectivity index (χ3n) is 6.69. The van der Waals surface area contributed by atoms with Gasteiger partial charge in [0.25, 0.3) is 11.8 Å². The van der Waals surface area contributed by atoms with E-state index in [0.29, 0.717) is 17.7 Å². The van der Waals surface area contributed by atoms with E-state index < -0.39 is 5.91 Å². The summed E-state index contributed by atoms with van der Waals surface area (Å²) >= 11 is 1.43. The Bertz CT molecular complexity index is 1600. The van der Waals surface area contributed by atoms with Gasteiger partial charge in [-0.2, -0.15) is 0 Å². The molecule has 0 spiro atoms. The predicted molar refractivity (Wildman–Crippen MR) is 177 cm³/mol. The van der Waals surface area contributed by atoms with Crippen LogP contribution in [0.25, 0.3) is 6.08 Å². The number of nitrogens with zero attached hydrogens (tertiary/aromatic N) is 1. The van der Waals surface area contributed by atoms with Gasteiger partial charge in [-0.05, 0) is 79.1 Å². The molecule has 0 bridgehead atoms. The average molecular weight is 593 g/mol. The Labute approximate surface area is 257 Å². The van der Waals surface area contributed by atoms with Crippen LogP contribution in [0.2, 0.25) is 0 Å². The molecule has 3 N–H and O–H groups in total. The minimum Gasteiger partial charge on any atom is -0.378 e. The van der Waals surface area contributed by atoms with Gasteiger partial charge in [0.2, 0.25) is 5.91 Å². The van der Waals surface area contributed by atoms with Crippen LogP contribution in [0.15, 0.2) is 114 Å². The van der Waals surface area contributed by atoms with Crippen molar-refractivity contribution in [2.75, 3.05) is 29.6 Å². The molecule has 0 aliphatic heterocycles. The zero-order valence-corrected chi connectivity index (χ0v) is 25.6. The van der Waals surface area contributed by atoms with E-state index in [2.05, 4.69) is 16.0 Å². The van der Waals surface area contributed by atoms with Gasteiger partial charge < -0.3 is 20.9 Å². The Balaban J connectivity index is 1.51. The lowest BCUT2D eigenvalue weighted by Crippen LogP contribution is -2.30. The van der Waals surface area contributed by atoms with Crippen molar-refractivity contribution in [1.82, 2.24) is 5.32 Å². The fourth-order valence-corrected chi connectivity index (χ4v) is 5.25. The SMILES string of the molecule is CCC(Sc1cccc(NC(=O)/C(=C\c2ccc(N(C)C)cc2)NC(=O)c2ccccc2)c1)C(=O)Nc1ccccc1C. The van der Waals surface area contributed by atoms with E-state index in [-0.39, 0.29) is 22.8 Å². The van der Waals surface area contributed by atoms with Crippen LogP contribution in [0.1, 0.15) is 34.8 Å². The number of nitrogens with one attached hydrogen (secondary N) is 3. The summed E-state index contributed by atoms with van der Waals surface area (Å²) < 4.78 is 0. The first-order valence-electron chi connectivity index (χ1n) is 14.0. The maximum absolute atomic E-state index is 13.5. The fourth-order valence-electron chi connectivity index (χ4n) is 4.24. The first kappa shape index (κ1) is 31.1. The van der Waals surface area contributed by atoms with Crippen LogP contribution in [0.5, 0.6) is 0 Å². The Morgan fingerprint density at radius 2 is 1.53 bits per heavy atom. The zero-order chi connectivity index (χ0) is 30.8. The second-order valence-electron chi connectivity index (χ2n) is 10.2. The predicted octanol–water partition coefficient (Wildman–Crippen LogP) is 6.98. The minimum absolute atomic E-state index is 0.0784. The highest BCUT2D eigenvalue weighted by atomic mass is 32.2. The standard InChI is InChI=1S/C35H36N4O3S/c1-5-32(35(42)37-30-17-10-9-12-24(30)2)43-29-16-11-15-27(23-29)36-34(41)31(38-33(40)26-13-7-6-8-14-26)22-25-18-20-28(21-19-25)39(3)4/h6-23,32H,5H2,1-4H3,(H,36,41)(H,37,42)(H,38,40)/b31-22+. The lowest BCUT2D eigenvalue weighted by molar-refractivity contribution is -0.116. The highest BCUT2D eigenvalue weighted by molar-refractivity contribution is 8.00. The van der Waals surface area contributed by atoms with E-state index in [1.54, 1.807) is 36.4 Å². The summed E-state index contributed by atoms with van der Waals surface area (Å²) in [6, 6.07) is 31.4. The molecule has 0 radical (unpaired) electrons. The maximum Gasteiger partial charge on any atom is 0.272 e. The van der Waals surface area contributed by atoms with Crippen LogP contribution >= 0.6 is 11.8 Å². The smallest absolute Gasteiger partial charge is 0.272 e. The molecule has 0 aromatic heterocycles. The van der Waals surface area contributed by atoms with Gasteiger partial charge in [-0.25, -0.2) is 0 Å². The average Bonchev–Trinajstić information content (AvgIpc) is 3.01. The minimum atomic E-state index is -0.465. The zero-order valence-electron chi connectivity index (χ0n) is 24.8. The summed E-state index contributed by atoms with van der Waals surface area (Å²) in [5.41, 5.74) is 4.67. The van der Waals surface area contributed by atoms with Gasteiger partial charge in [0, 0.05) is 41.6 Å². The Kier molecular flexibility index (Phi) is 10.8. The van der Waals surface area contributed by atoms with E-state index in [4.69, 9.17) is 0 Å². The molecular weight excluding hydrogens is 556 g/mol. The first-order valence-corrected chi connectivity index (χ1v) is 14.9. The van der Waals surface area contributed by atoms with Gasteiger partial charge in [-0.3, -0.25) is 14.4 Å². The molecule has 1 unspecified atom stereocenters. The van der Waals surface area contributed by atoms with Crippen LogP contribution in [0, 0.1) is 6.92 Å². The van der Waals surface area contributed by atoms with Crippen molar-refractivity contribution in [3.05, 3.63) is 126 Å². The Morgan fingerprint density at radius 1 is 0.837 bits per heavy atom. The van der Waals surface area contributed by atoms with Crippen molar-refractivity contribution in [3.8, 4) is 0 Å². The van der Waals surface area contributed by atoms with Crippen LogP contribution in [-0.4, -0.2) is 37.1 Å². The summed E-state index contributed by atoms with van der Waals surface area (Å²) in [4.78, 5) is 42.4. The molecule has 8 heteroatoms. The van der Waals surface area contributed by atoms with Crippen molar-refractivity contribution < 1.29 is 14.4 Å². The van der Waals surface area contributed by atoms with Crippen LogP contribution in [-0.2, 0) is 9.59 Å². The summed E-state index contributed by atoms with van der Waals surface area (Å²) in [5, 5.41) is 8.40. The quantitative estimate of drug-likeness (QED) is 0.129. The molecule has 4 rings (SSSR count). The van der Waals surface area contributed by atoms with E-state index in [1.807, 2.05) is 106 Å². The second-order valence-corrected chi connectivity index (χ2v) is 11.4. The molecule has 1 atom stereocenters. The number of amides is 3. The highest BCUT2D eigenvalue weighted by Crippen LogP contribution is 2.29. The normalized spacial score (nSPS) is 11.8. The van der Waals surface area contributed by atoms with Crippen LogP contribution < -0.4 is 20.9 Å². The molecule has 0 fully saturated rings. The Morgan fingerprint density at radius 3 is 2.21 bits per heavy atom. The molecular formula is C35H36N4O3S. The number of hydrogen-bond donors (Lipinski definition) is 3. The molecule has 0 aliphatic rings. The number of rotatable bonds is 11. The summed E-state index contributed by atoms with van der Waals surface area (Å²) in [5.74, 6) is -0.931. The lowest BCUT2D eigenvalue weighted by atomic mass is 10.1. The number of anilines is 3. The largest absolute Gasteiger partial charge is 0.378 e. The third-order valence-corrected chi connectivity index (χ3v) is 8.04. The molecule has 7 nitrogen and oxygen atoms in total. The molecule has 0 aliphatic carbocycles. The first-order chi connectivity index (χ1) is 20.7. The Hall–Kier alpha value is -4.82. The number of carbonyl (C=O) groups excluding carboxylic acids is 3. The number of carbonyl (C=O) groups is 3. The number of para-hydroxylation sites is 1. The van der Waals surface area contributed by atoms with Crippen molar-refractivity contribution >= 4 is 52.6 Å². The molecule has 43 heavy (non-hydrogen) atoms. The molecule has 4 aromatic rings.